The van der Waals surface area contributed by atoms with Crippen LogP contribution in [0.15, 0.2) is 0 Å². The minimum Gasteiger partial charge on any atom is -0.338 e. The summed E-state index contributed by atoms with van der Waals surface area (Å²) in [5.74, 6) is 0. The number of nitrogens with zero attached hydrogens (tertiary/aromatic N) is 1. The van der Waals surface area contributed by atoms with Crippen LogP contribution < -0.4 is 11.1 Å². The molecule has 0 aliphatic carbocycles. The van der Waals surface area contributed by atoms with Crippen LogP contribution in [0, 0.1) is 0 Å². The number of carbonyl (C=O) groups excluding carboxylic acids is 1. The predicted molar refractivity (Wildman–Crippen MR) is 42.2 cm³/mol. The van der Waals surface area contributed by atoms with Gasteiger partial charge in [-0.1, -0.05) is 0 Å². The Labute approximate surface area is 66.7 Å². The zero-order chi connectivity index (χ0) is 8.10. The quantitative estimate of drug-likeness (QED) is 0.618. The highest BCUT2D eigenvalue weighted by atomic mass is 16.2. The number of nitrogens with one attached hydrogen (secondary N) is 2. The molecule has 1 aliphatic rings. The fourth-order valence-electron chi connectivity index (χ4n) is 1.16. The Morgan fingerprint density at radius 1 is 1.64 bits per heavy atom. The fourth-order valence-corrected chi connectivity index (χ4v) is 1.16. The number of hydrogen-bond acceptors (Lipinski definition) is 1. The molecule has 0 saturated carbocycles. The maximum absolute atomic E-state index is 11.1. The van der Waals surface area contributed by atoms with Gasteiger partial charge >= 0.3 is 6.03 Å². The summed E-state index contributed by atoms with van der Waals surface area (Å²) in [5, 5.41) is 2.77. The van der Waals surface area contributed by atoms with E-state index in [1.165, 1.54) is 0 Å². The Morgan fingerprint density at radius 2 is 2.45 bits per heavy atom. The van der Waals surface area contributed by atoms with Crippen molar-refractivity contribution in [1.29, 1.82) is 0 Å². The van der Waals surface area contributed by atoms with Gasteiger partial charge in [0.25, 0.3) is 0 Å². The molecule has 1 aliphatic heterocycles. The van der Waals surface area contributed by atoms with Crippen LogP contribution in [0.1, 0.15) is 12.8 Å². The van der Waals surface area contributed by atoms with Crippen molar-refractivity contribution in [2.45, 2.75) is 12.8 Å². The van der Waals surface area contributed by atoms with Crippen molar-refractivity contribution in [3.63, 3.8) is 0 Å². The van der Waals surface area contributed by atoms with E-state index in [1.807, 2.05) is 0 Å². The Kier molecular flexibility index (Phi) is 3.16. The van der Waals surface area contributed by atoms with Gasteiger partial charge in [0.15, 0.2) is 0 Å². The lowest BCUT2D eigenvalue weighted by Crippen LogP contribution is -2.46. The maximum Gasteiger partial charge on any atom is 0.317 e. The summed E-state index contributed by atoms with van der Waals surface area (Å²) in [6, 6.07) is 0.0321. The summed E-state index contributed by atoms with van der Waals surface area (Å²) in [4.78, 5) is 12.8. The number of amides is 2. The van der Waals surface area contributed by atoms with Crippen molar-refractivity contribution in [2.75, 3.05) is 26.2 Å². The monoisotopic (exact) mass is 156 g/mol. The Morgan fingerprint density at radius 3 is 3.09 bits per heavy atom. The SMILES string of the molecule is [NH]CCCN1CCCNC1=O. The summed E-state index contributed by atoms with van der Waals surface area (Å²) >= 11 is 0. The molecule has 4 heteroatoms. The van der Waals surface area contributed by atoms with Crippen LogP contribution in [0.3, 0.4) is 0 Å². The first kappa shape index (κ1) is 8.33. The number of hydrogen-bond donors (Lipinski definition) is 1. The Bertz CT molecular complexity index is 138. The van der Waals surface area contributed by atoms with E-state index in [9.17, 15) is 4.79 Å². The largest absolute Gasteiger partial charge is 0.338 e. The number of carbonyl (C=O) groups is 1. The van der Waals surface area contributed by atoms with E-state index >= 15 is 0 Å². The van der Waals surface area contributed by atoms with Crippen molar-refractivity contribution in [3.05, 3.63) is 0 Å². The molecule has 1 rings (SSSR count). The van der Waals surface area contributed by atoms with Gasteiger partial charge in [-0.2, -0.15) is 0 Å². The lowest BCUT2D eigenvalue weighted by atomic mass is 10.3. The highest BCUT2D eigenvalue weighted by Gasteiger charge is 2.15. The molecule has 0 spiro atoms. The molecular formula is C7H14N3O. The third-order valence-corrected chi connectivity index (χ3v) is 1.77. The molecule has 1 fully saturated rings. The lowest BCUT2D eigenvalue weighted by molar-refractivity contribution is 0.186. The molecule has 0 unspecified atom stereocenters. The van der Waals surface area contributed by atoms with Gasteiger partial charge in [-0.15, -0.1) is 0 Å². The molecule has 2 amide bonds. The lowest BCUT2D eigenvalue weighted by Gasteiger charge is -2.27. The molecule has 0 atom stereocenters. The molecule has 2 N–H and O–H groups in total. The van der Waals surface area contributed by atoms with E-state index in [-0.39, 0.29) is 6.03 Å². The summed E-state index contributed by atoms with van der Waals surface area (Å²) in [5.41, 5.74) is 6.93. The van der Waals surface area contributed by atoms with E-state index in [1.54, 1.807) is 4.90 Å². The normalized spacial score (nSPS) is 18.3. The molecule has 1 radical (unpaired) electrons. The number of urea groups is 1. The predicted octanol–water partition coefficient (Wildman–Crippen LogP) is 0.0747. The standard InChI is InChI=1S/C7H14N3O/c8-3-1-5-10-6-2-4-9-7(10)11/h8H,1-6H2,(H,9,11). The molecule has 0 aromatic rings. The smallest absolute Gasteiger partial charge is 0.317 e. The van der Waals surface area contributed by atoms with Crippen LogP contribution in [0.5, 0.6) is 0 Å². The second-order valence-corrected chi connectivity index (χ2v) is 2.68. The summed E-state index contributed by atoms with van der Waals surface area (Å²) in [6.07, 6.45) is 1.82. The first-order valence-corrected chi connectivity index (χ1v) is 4.02. The minimum absolute atomic E-state index is 0.0321. The Balaban J connectivity index is 2.24. The van der Waals surface area contributed by atoms with E-state index in [2.05, 4.69) is 5.32 Å². The van der Waals surface area contributed by atoms with Crippen molar-refractivity contribution < 1.29 is 4.79 Å². The first-order valence-electron chi connectivity index (χ1n) is 4.02. The van der Waals surface area contributed by atoms with E-state index < -0.39 is 0 Å². The Hall–Kier alpha value is -0.770. The highest BCUT2D eigenvalue weighted by Crippen LogP contribution is 1.99. The van der Waals surface area contributed by atoms with E-state index in [4.69, 9.17) is 5.73 Å². The summed E-state index contributed by atoms with van der Waals surface area (Å²) in [7, 11) is 0. The van der Waals surface area contributed by atoms with Crippen molar-refractivity contribution in [2.24, 2.45) is 0 Å². The van der Waals surface area contributed by atoms with Gasteiger partial charge in [0.2, 0.25) is 0 Å². The molecule has 11 heavy (non-hydrogen) atoms. The molecule has 1 heterocycles. The van der Waals surface area contributed by atoms with Gasteiger partial charge in [0.05, 0.1) is 0 Å². The van der Waals surface area contributed by atoms with Gasteiger partial charge in [-0.3, -0.25) is 5.73 Å². The van der Waals surface area contributed by atoms with Crippen LogP contribution in [-0.2, 0) is 0 Å². The van der Waals surface area contributed by atoms with Gasteiger partial charge < -0.3 is 10.2 Å². The zero-order valence-corrected chi connectivity index (χ0v) is 6.60. The maximum atomic E-state index is 11.1. The second-order valence-electron chi connectivity index (χ2n) is 2.68. The third-order valence-electron chi connectivity index (χ3n) is 1.77. The van der Waals surface area contributed by atoms with Gasteiger partial charge in [0.1, 0.15) is 0 Å². The van der Waals surface area contributed by atoms with Crippen LogP contribution >= 0.6 is 0 Å². The summed E-state index contributed by atoms with van der Waals surface area (Å²) in [6.45, 7) is 2.79. The van der Waals surface area contributed by atoms with Crippen LogP contribution in [-0.4, -0.2) is 37.1 Å². The van der Waals surface area contributed by atoms with Gasteiger partial charge in [-0.05, 0) is 12.8 Å². The van der Waals surface area contributed by atoms with Crippen molar-refractivity contribution in [3.8, 4) is 0 Å². The fraction of sp³-hybridized carbons (Fsp3) is 0.857. The molecule has 1 saturated heterocycles. The van der Waals surface area contributed by atoms with Gasteiger partial charge in [-0.25, -0.2) is 4.79 Å². The van der Waals surface area contributed by atoms with Crippen LogP contribution in [0.25, 0.3) is 0 Å². The van der Waals surface area contributed by atoms with Gasteiger partial charge in [0, 0.05) is 26.2 Å². The molecule has 0 aromatic heterocycles. The van der Waals surface area contributed by atoms with Crippen molar-refractivity contribution in [1.82, 2.24) is 16.0 Å². The molecule has 63 valence electrons. The molecule has 0 aromatic carbocycles. The molecular weight excluding hydrogens is 142 g/mol. The van der Waals surface area contributed by atoms with Crippen LogP contribution in [0.4, 0.5) is 4.79 Å². The first-order chi connectivity index (χ1) is 5.34. The zero-order valence-electron chi connectivity index (χ0n) is 6.60. The second kappa shape index (κ2) is 4.18. The third kappa shape index (κ3) is 2.38. The minimum atomic E-state index is 0.0321. The average molecular weight is 156 g/mol. The number of rotatable bonds is 3. The molecule has 0 bridgehead atoms. The average Bonchev–Trinajstić information content (AvgIpc) is 2.03. The van der Waals surface area contributed by atoms with E-state index in [0.717, 1.165) is 32.5 Å². The highest BCUT2D eigenvalue weighted by molar-refractivity contribution is 5.74. The van der Waals surface area contributed by atoms with Crippen molar-refractivity contribution >= 4 is 6.03 Å². The van der Waals surface area contributed by atoms with E-state index in [0.29, 0.717) is 6.54 Å². The molecule has 4 nitrogen and oxygen atoms in total. The van der Waals surface area contributed by atoms with Crippen LogP contribution in [0.2, 0.25) is 0 Å². The summed E-state index contributed by atoms with van der Waals surface area (Å²) < 4.78 is 0. The topological polar surface area (TPSA) is 56.1 Å².